The van der Waals surface area contributed by atoms with Crippen molar-refractivity contribution in [2.45, 2.75) is 18.0 Å². The topological polar surface area (TPSA) is 73.1 Å². The van der Waals surface area contributed by atoms with Gasteiger partial charge in [0, 0.05) is 12.2 Å². The van der Waals surface area contributed by atoms with Crippen LogP contribution in [0.15, 0.2) is 53.7 Å². The Morgan fingerprint density at radius 2 is 1.93 bits per heavy atom. The van der Waals surface area contributed by atoms with Crippen LogP contribution < -0.4 is 9.64 Å². The molecule has 7 nitrogen and oxygen atoms in total. The van der Waals surface area contributed by atoms with Crippen LogP contribution in [0.25, 0.3) is 5.69 Å². The molecule has 0 spiro atoms. The summed E-state index contributed by atoms with van der Waals surface area (Å²) in [6.07, 6.45) is 1.99. The van der Waals surface area contributed by atoms with Crippen LogP contribution in [-0.2, 0) is 11.2 Å². The van der Waals surface area contributed by atoms with E-state index in [4.69, 9.17) is 4.74 Å². The van der Waals surface area contributed by atoms with Crippen LogP contribution in [0.3, 0.4) is 0 Å². The predicted molar refractivity (Wildman–Crippen MR) is 104 cm³/mol. The number of carbonyl (C=O) groups is 1. The molecule has 1 aliphatic rings. The Morgan fingerprint density at radius 3 is 2.78 bits per heavy atom. The number of hydrogen-bond acceptors (Lipinski definition) is 6. The molecule has 1 amide bonds. The van der Waals surface area contributed by atoms with Gasteiger partial charge in [0.2, 0.25) is 11.1 Å². The molecule has 0 N–H and O–H groups in total. The number of hydrogen-bond donors (Lipinski definition) is 0. The SMILES string of the molecule is COc1ccccc1-n1nnnc1SCC(=O)N1CCCc2ccccc21. The highest BCUT2D eigenvalue weighted by Gasteiger charge is 2.23. The summed E-state index contributed by atoms with van der Waals surface area (Å²) in [5.41, 5.74) is 2.97. The summed E-state index contributed by atoms with van der Waals surface area (Å²) >= 11 is 1.32. The van der Waals surface area contributed by atoms with E-state index in [1.165, 1.54) is 17.3 Å². The van der Waals surface area contributed by atoms with Crippen LogP contribution in [0, 0.1) is 0 Å². The van der Waals surface area contributed by atoms with Gasteiger partial charge in [-0.3, -0.25) is 4.79 Å². The summed E-state index contributed by atoms with van der Waals surface area (Å²) in [7, 11) is 1.60. The lowest BCUT2D eigenvalue weighted by Crippen LogP contribution is -2.36. The van der Waals surface area contributed by atoms with E-state index in [2.05, 4.69) is 21.6 Å². The third-order valence-corrected chi connectivity index (χ3v) is 5.39. The molecular formula is C19H19N5O2S. The number of nitrogens with zero attached hydrogens (tertiary/aromatic N) is 5. The minimum absolute atomic E-state index is 0.0572. The number of tetrazole rings is 1. The fraction of sp³-hybridized carbons (Fsp3) is 0.263. The molecule has 1 aromatic heterocycles. The maximum Gasteiger partial charge on any atom is 0.237 e. The Hall–Kier alpha value is -2.87. The van der Waals surface area contributed by atoms with Crippen LogP contribution >= 0.6 is 11.8 Å². The summed E-state index contributed by atoms with van der Waals surface area (Å²) < 4.78 is 6.98. The molecule has 27 heavy (non-hydrogen) atoms. The largest absolute Gasteiger partial charge is 0.494 e. The van der Waals surface area contributed by atoms with Crippen molar-refractivity contribution in [2.75, 3.05) is 24.3 Å². The molecule has 0 fully saturated rings. The van der Waals surface area contributed by atoms with Gasteiger partial charge in [0.15, 0.2) is 0 Å². The van der Waals surface area contributed by atoms with Crippen LogP contribution in [0.2, 0.25) is 0 Å². The van der Waals surface area contributed by atoms with E-state index in [0.717, 1.165) is 30.8 Å². The van der Waals surface area contributed by atoms with Crippen molar-refractivity contribution in [3.63, 3.8) is 0 Å². The van der Waals surface area contributed by atoms with Gasteiger partial charge in [-0.15, -0.1) is 5.10 Å². The summed E-state index contributed by atoms with van der Waals surface area (Å²) in [5.74, 6) is 0.994. The van der Waals surface area contributed by atoms with Gasteiger partial charge >= 0.3 is 0 Å². The first kappa shape index (κ1) is 17.5. The lowest BCUT2D eigenvalue weighted by molar-refractivity contribution is -0.116. The van der Waals surface area contributed by atoms with Crippen LogP contribution in [0.5, 0.6) is 5.75 Å². The molecular weight excluding hydrogens is 362 g/mol. The number of thioether (sulfide) groups is 1. The number of fused-ring (bicyclic) bond motifs is 1. The first-order valence-electron chi connectivity index (χ1n) is 8.71. The van der Waals surface area contributed by atoms with E-state index >= 15 is 0 Å². The molecule has 138 valence electrons. The molecule has 0 saturated heterocycles. The molecule has 2 heterocycles. The summed E-state index contributed by atoms with van der Waals surface area (Å²) in [6, 6.07) is 15.6. The van der Waals surface area contributed by atoms with E-state index in [1.807, 2.05) is 47.4 Å². The monoisotopic (exact) mass is 381 g/mol. The number of aryl methyl sites for hydroxylation is 1. The third-order valence-electron chi connectivity index (χ3n) is 4.49. The minimum atomic E-state index is 0.0572. The van der Waals surface area contributed by atoms with Crippen molar-refractivity contribution in [1.82, 2.24) is 20.2 Å². The first-order chi connectivity index (χ1) is 13.3. The fourth-order valence-corrected chi connectivity index (χ4v) is 3.98. The smallest absolute Gasteiger partial charge is 0.237 e. The lowest BCUT2D eigenvalue weighted by Gasteiger charge is -2.29. The highest BCUT2D eigenvalue weighted by molar-refractivity contribution is 7.99. The van der Waals surface area contributed by atoms with E-state index in [0.29, 0.717) is 10.9 Å². The molecule has 3 aromatic rings. The molecule has 2 aromatic carbocycles. The van der Waals surface area contributed by atoms with Crippen molar-refractivity contribution in [3.05, 3.63) is 54.1 Å². The summed E-state index contributed by atoms with van der Waals surface area (Å²) in [6.45, 7) is 0.744. The zero-order valence-corrected chi connectivity index (χ0v) is 15.7. The van der Waals surface area contributed by atoms with Gasteiger partial charge in [0.1, 0.15) is 11.4 Å². The summed E-state index contributed by atoms with van der Waals surface area (Å²) in [4.78, 5) is 14.7. The number of para-hydroxylation sites is 3. The first-order valence-corrected chi connectivity index (χ1v) is 9.69. The second kappa shape index (κ2) is 7.79. The number of anilines is 1. The van der Waals surface area contributed by atoms with Crippen molar-refractivity contribution >= 4 is 23.4 Å². The number of methoxy groups -OCH3 is 1. The number of amides is 1. The number of aromatic nitrogens is 4. The van der Waals surface area contributed by atoms with E-state index in [9.17, 15) is 4.79 Å². The average Bonchev–Trinajstić information content (AvgIpc) is 3.20. The second-order valence-corrected chi connectivity index (χ2v) is 7.05. The minimum Gasteiger partial charge on any atom is -0.494 e. The molecule has 1 aliphatic heterocycles. The fourth-order valence-electron chi connectivity index (χ4n) is 3.22. The Balaban J connectivity index is 1.51. The number of rotatable bonds is 5. The van der Waals surface area contributed by atoms with Gasteiger partial charge in [-0.2, -0.15) is 4.68 Å². The lowest BCUT2D eigenvalue weighted by atomic mass is 10.0. The summed E-state index contributed by atoms with van der Waals surface area (Å²) in [5, 5.41) is 12.4. The van der Waals surface area contributed by atoms with Gasteiger partial charge in [0.05, 0.1) is 12.9 Å². The second-order valence-electron chi connectivity index (χ2n) is 6.11. The Bertz CT molecular complexity index is 959. The normalized spacial score (nSPS) is 13.3. The molecule has 0 radical (unpaired) electrons. The average molecular weight is 381 g/mol. The Morgan fingerprint density at radius 1 is 1.15 bits per heavy atom. The zero-order valence-electron chi connectivity index (χ0n) is 14.9. The van der Waals surface area contributed by atoms with Gasteiger partial charge in [0.25, 0.3) is 0 Å². The molecule has 0 atom stereocenters. The van der Waals surface area contributed by atoms with Crippen LogP contribution in [0.4, 0.5) is 5.69 Å². The van der Waals surface area contributed by atoms with Gasteiger partial charge < -0.3 is 9.64 Å². The highest BCUT2D eigenvalue weighted by Crippen LogP contribution is 2.29. The van der Waals surface area contributed by atoms with E-state index in [1.54, 1.807) is 11.8 Å². The maximum absolute atomic E-state index is 12.8. The third kappa shape index (κ3) is 3.52. The molecule has 8 heteroatoms. The van der Waals surface area contributed by atoms with E-state index in [-0.39, 0.29) is 11.7 Å². The Labute approximate surface area is 161 Å². The van der Waals surface area contributed by atoms with Crippen molar-refractivity contribution < 1.29 is 9.53 Å². The predicted octanol–water partition coefficient (Wildman–Crippen LogP) is 2.74. The highest BCUT2D eigenvalue weighted by atomic mass is 32.2. The molecule has 0 bridgehead atoms. The number of benzene rings is 2. The van der Waals surface area contributed by atoms with E-state index < -0.39 is 0 Å². The van der Waals surface area contributed by atoms with Crippen molar-refractivity contribution in [2.24, 2.45) is 0 Å². The number of carbonyl (C=O) groups excluding carboxylic acids is 1. The van der Waals surface area contributed by atoms with Crippen LogP contribution in [0.1, 0.15) is 12.0 Å². The maximum atomic E-state index is 12.8. The standard InChI is InChI=1S/C19H19N5O2S/c1-26-17-11-5-4-10-16(17)24-19(20-21-22-24)27-13-18(25)23-12-6-8-14-7-2-3-9-15(14)23/h2-5,7,9-11H,6,8,12-13H2,1H3. The molecule has 0 unspecified atom stereocenters. The number of ether oxygens (including phenoxy) is 1. The zero-order chi connectivity index (χ0) is 18.6. The molecule has 0 aliphatic carbocycles. The van der Waals surface area contributed by atoms with Crippen LogP contribution in [-0.4, -0.2) is 45.5 Å². The van der Waals surface area contributed by atoms with Crippen molar-refractivity contribution in [1.29, 1.82) is 0 Å². The quantitative estimate of drug-likeness (QED) is 0.633. The van der Waals surface area contributed by atoms with Gasteiger partial charge in [-0.05, 0) is 47.0 Å². The van der Waals surface area contributed by atoms with Gasteiger partial charge in [-0.1, -0.05) is 42.1 Å². The van der Waals surface area contributed by atoms with Gasteiger partial charge in [-0.25, -0.2) is 0 Å². The van der Waals surface area contributed by atoms with Crippen molar-refractivity contribution in [3.8, 4) is 11.4 Å². The molecule has 0 saturated carbocycles. The molecule has 4 rings (SSSR count). The Kier molecular flexibility index (Phi) is 5.06.